The molecule has 0 aliphatic carbocycles. The minimum atomic E-state index is -0.591. The second-order valence-electron chi connectivity index (χ2n) is 10.6. The number of aliphatic carboxylic acids is 1. The summed E-state index contributed by atoms with van der Waals surface area (Å²) in [6.07, 6.45) is 28.5. The molecule has 216 valence electrons. The number of ether oxygens (including phenoxy) is 1. The average molecular weight is 513 g/mol. The fourth-order valence-corrected chi connectivity index (χ4v) is 4.35. The van der Waals surface area contributed by atoms with Crippen LogP contribution < -0.4 is 0 Å². The van der Waals surface area contributed by atoms with Gasteiger partial charge in [-0.25, -0.2) is 0 Å². The highest BCUT2D eigenvalue weighted by Crippen LogP contribution is 2.18. The Morgan fingerprint density at radius 1 is 0.528 bits per heavy atom. The van der Waals surface area contributed by atoms with Gasteiger partial charge in [0, 0.05) is 6.42 Å². The number of hydrogen-bond donors (Lipinski definition) is 1. The summed E-state index contributed by atoms with van der Waals surface area (Å²) in [4.78, 5) is 22.3. The number of hydrogen-bond acceptors (Lipinski definition) is 3. The largest absolute Gasteiger partial charge is 0.481 e. The first-order valence-corrected chi connectivity index (χ1v) is 15.9. The Morgan fingerprint density at radius 2 is 0.917 bits per heavy atom. The predicted octanol–water partition coefficient (Wildman–Crippen LogP) is 10.7. The lowest BCUT2D eigenvalue weighted by atomic mass is 9.95. The summed E-state index contributed by atoms with van der Waals surface area (Å²) in [6.45, 7) is 9.32. The molecule has 0 aliphatic rings. The van der Waals surface area contributed by atoms with Crippen LogP contribution in [0.25, 0.3) is 0 Å². The lowest BCUT2D eigenvalue weighted by Gasteiger charge is -2.11. The predicted molar refractivity (Wildman–Crippen MR) is 156 cm³/mol. The van der Waals surface area contributed by atoms with E-state index < -0.39 is 5.97 Å². The summed E-state index contributed by atoms with van der Waals surface area (Å²) in [6, 6.07) is 0. The van der Waals surface area contributed by atoms with E-state index in [2.05, 4.69) is 27.7 Å². The first-order valence-electron chi connectivity index (χ1n) is 15.9. The molecule has 36 heavy (non-hydrogen) atoms. The van der Waals surface area contributed by atoms with Crippen molar-refractivity contribution in [3.8, 4) is 0 Å². The first-order chi connectivity index (χ1) is 17.5. The van der Waals surface area contributed by atoms with Gasteiger partial charge in [-0.2, -0.15) is 0 Å². The zero-order valence-corrected chi connectivity index (χ0v) is 24.9. The maximum atomic E-state index is 11.3. The summed E-state index contributed by atoms with van der Waals surface area (Å²) < 4.78 is 5.12. The SMILES string of the molecule is CCCCCCCCCCC(CCCC)C(=O)O.CCCCCCCCCCCC(=O)OCCCC. The summed E-state index contributed by atoms with van der Waals surface area (Å²) >= 11 is 0. The van der Waals surface area contributed by atoms with Gasteiger partial charge in [-0.15, -0.1) is 0 Å². The highest BCUT2D eigenvalue weighted by atomic mass is 16.5. The fourth-order valence-electron chi connectivity index (χ4n) is 4.35. The zero-order valence-electron chi connectivity index (χ0n) is 24.9. The number of carbonyl (C=O) groups excluding carboxylic acids is 1. The second-order valence-corrected chi connectivity index (χ2v) is 10.6. The van der Waals surface area contributed by atoms with Crippen molar-refractivity contribution in [1.82, 2.24) is 0 Å². The molecule has 0 fully saturated rings. The maximum Gasteiger partial charge on any atom is 0.306 e. The van der Waals surface area contributed by atoms with Crippen molar-refractivity contribution in [3.05, 3.63) is 0 Å². The van der Waals surface area contributed by atoms with Gasteiger partial charge in [-0.1, -0.05) is 150 Å². The maximum absolute atomic E-state index is 11.3. The van der Waals surface area contributed by atoms with Crippen LogP contribution in [0.5, 0.6) is 0 Å². The van der Waals surface area contributed by atoms with Gasteiger partial charge in [0.05, 0.1) is 12.5 Å². The number of rotatable bonds is 26. The molecule has 0 amide bonds. The average Bonchev–Trinajstić information content (AvgIpc) is 2.86. The van der Waals surface area contributed by atoms with E-state index in [1.807, 2.05) is 0 Å². The summed E-state index contributed by atoms with van der Waals surface area (Å²) in [7, 11) is 0. The topological polar surface area (TPSA) is 63.6 Å². The van der Waals surface area contributed by atoms with Crippen molar-refractivity contribution >= 4 is 11.9 Å². The fraction of sp³-hybridized carbons (Fsp3) is 0.938. The summed E-state index contributed by atoms with van der Waals surface area (Å²) in [5.74, 6) is -0.692. The lowest BCUT2D eigenvalue weighted by molar-refractivity contribution is -0.144. The second kappa shape index (κ2) is 32.0. The van der Waals surface area contributed by atoms with Crippen LogP contribution in [0.3, 0.4) is 0 Å². The molecule has 0 radical (unpaired) electrons. The van der Waals surface area contributed by atoms with Crippen LogP contribution in [0.4, 0.5) is 0 Å². The van der Waals surface area contributed by atoms with Gasteiger partial charge >= 0.3 is 11.9 Å². The number of carboxylic acids is 1. The van der Waals surface area contributed by atoms with Crippen LogP contribution in [-0.2, 0) is 14.3 Å². The Labute approximate surface area is 225 Å². The molecule has 1 unspecified atom stereocenters. The minimum absolute atomic E-state index is 0.00797. The van der Waals surface area contributed by atoms with Gasteiger partial charge in [-0.05, 0) is 25.7 Å². The van der Waals surface area contributed by atoms with Gasteiger partial charge in [0.2, 0.25) is 0 Å². The van der Waals surface area contributed by atoms with E-state index in [1.54, 1.807) is 0 Å². The van der Waals surface area contributed by atoms with Gasteiger partial charge < -0.3 is 9.84 Å². The zero-order chi connectivity index (χ0) is 27.1. The van der Waals surface area contributed by atoms with E-state index in [0.29, 0.717) is 13.0 Å². The van der Waals surface area contributed by atoms with E-state index in [-0.39, 0.29) is 11.9 Å². The third-order valence-electron chi connectivity index (χ3n) is 6.91. The molecule has 0 aromatic rings. The van der Waals surface area contributed by atoms with Crippen LogP contribution in [0.1, 0.15) is 182 Å². The summed E-state index contributed by atoms with van der Waals surface area (Å²) in [5.41, 5.74) is 0. The quantitative estimate of drug-likeness (QED) is 0.0924. The molecule has 0 saturated carbocycles. The molecule has 4 nitrogen and oxygen atoms in total. The van der Waals surface area contributed by atoms with Gasteiger partial charge in [0.1, 0.15) is 0 Å². The van der Waals surface area contributed by atoms with Crippen molar-refractivity contribution in [1.29, 1.82) is 0 Å². The Balaban J connectivity index is 0. The number of carbonyl (C=O) groups is 2. The summed E-state index contributed by atoms with van der Waals surface area (Å²) in [5, 5.41) is 9.10. The van der Waals surface area contributed by atoms with E-state index in [1.165, 1.54) is 96.3 Å². The van der Waals surface area contributed by atoms with E-state index in [0.717, 1.165) is 51.4 Å². The van der Waals surface area contributed by atoms with E-state index >= 15 is 0 Å². The highest BCUT2D eigenvalue weighted by molar-refractivity contribution is 5.69. The van der Waals surface area contributed by atoms with Crippen molar-refractivity contribution in [2.24, 2.45) is 5.92 Å². The van der Waals surface area contributed by atoms with E-state index in [9.17, 15) is 9.59 Å². The number of unbranched alkanes of at least 4 members (excludes halogenated alkanes) is 17. The minimum Gasteiger partial charge on any atom is -0.481 e. The van der Waals surface area contributed by atoms with Gasteiger partial charge in [0.15, 0.2) is 0 Å². The molecule has 4 heteroatoms. The first kappa shape index (κ1) is 37.1. The molecule has 0 spiro atoms. The molecule has 0 aromatic heterocycles. The Kier molecular flexibility index (Phi) is 32.9. The van der Waals surface area contributed by atoms with Crippen molar-refractivity contribution in [2.45, 2.75) is 182 Å². The molecule has 0 rings (SSSR count). The number of esters is 1. The van der Waals surface area contributed by atoms with Crippen molar-refractivity contribution in [3.63, 3.8) is 0 Å². The molecule has 1 N–H and O–H groups in total. The molecule has 0 saturated heterocycles. The van der Waals surface area contributed by atoms with Crippen LogP contribution in [0, 0.1) is 5.92 Å². The normalized spacial score (nSPS) is 11.6. The Morgan fingerprint density at radius 3 is 1.36 bits per heavy atom. The van der Waals surface area contributed by atoms with Crippen LogP contribution in [-0.4, -0.2) is 23.7 Å². The third kappa shape index (κ3) is 31.0. The molecule has 0 aromatic carbocycles. The van der Waals surface area contributed by atoms with Crippen molar-refractivity contribution in [2.75, 3.05) is 6.61 Å². The third-order valence-corrected chi connectivity index (χ3v) is 6.91. The van der Waals surface area contributed by atoms with Crippen LogP contribution in [0.15, 0.2) is 0 Å². The standard InChI is InChI=1S/2C16H32O2/c1-3-5-7-8-9-10-11-12-13-14-16(17)18-15-6-4-2;1-3-5-7-8-9-10-11-12-14-15(16(17)18)13-6-4-2/h3-15H2,1-2H3;15H,3-14H2,1-2H3,(H,17,18). The molecule has 0 aliphatic heterocycles. The van der Waals surface area contributed by atoms with Gasteiger partial charge in [-0.3, -0.25) is 9.59 Å². The van der Waals surface area contributed by atoms with Crippen LogP contribution >= 0.6 is 0 Å². The van der Waals surface area contributed by atoms with Crippen molar-refractivity contribution < 1.29 is 19.4 Å². The monoisotopic (exact) mass is 512 g/mol. The Hall–Kier alpha value is -1.06. The molecular formula is C32H64O4. The molecular weight excluding hydrogens is 448 g/mol. The van der Waals surface area contributed by atoms with Gasteiger partial charge in [0.25, 0.3) is 0 Å². The molecule has 0 heterocycles. The lowest BCUT2D eigenvalue weighted by Crippen LogP contribution is -2.13. The Bertz CT molecular complexity index is 447. The molecule has 1 atom stereocenters. The number of carboxylic acid groups (broad SMARTS) is 1. The van der Waals surface area contributed by atoms with Crippen LogP contribution in [0.2, 0.25) is 0 Å². The smallest absolute Gasteiger partial charge is 0.306 e. The highest BCUT2D eigenvalue weighted by Gasteiger charge is 2.15. The molecule has 0 bridgehead atoms. The van der Waals surface area contributed by atoms with E-state index in [4.69, 9.17) is 9.84 Å².